The first-order valence-corrected chi connectivity index (χ1v) is 6.43. The van der Waals surface area contributed by atoms with Gasteiger partial charge in [-0.25, -0.2) is 13.2 Å². The van der Waals surface area contributed by atoms with E-state index in [9.17, 15) is 13.2 Å². The Morgan fingerprint density at radius 1 is 1.31 bits per heavy atom. The van der Waals surface area contributed by atoms with Crippen molar-refractivity contribution in [3.8, 4) is 0 Å². The van der Waals surface area contributed by atoms with Crippen LogP contribution in [0.25, 0.3) is 0 Å². The minimum atomic E-state index is -3.48. The predicted molar refractivity (Wildman–Crippen MR) is 59.2 cm³/mol. The normalized spacial score (nSPS) is 13.1. The van der Waals surface area contributed by atoms with E-state index in [2.05, 4.69) is 9.46 Å². The molecular formula is C10H13NO4S. The zero-order valence-corrected chi connectivity index (χ0v) is 9.82. The maximum absolute atomic E-state index is 11.4. The van der Waals surface area contributed by atoms with Crippen molar-refractivity contribution in [3.63, 3.8) is 0 Å². The third-order valence-corrected chi connectivity index (χ3v) is 2.57. The summed E-state index contributed by atoms with van der Waals surface area (Å²) in [6, 6.07) is 7.52. The number of hydrogen-bond donors (Lipinski definition) is 1. The second kappa shape index (κ2) is 5.09. The van der Waals surface area contributed by atoms with Crippen LogP contribution in [-0.2, 0) is 19.6 Å². The van der Waals surface area contributed by atoms with E-state index in [1.165, 1.54) is 7.11 Å². The van der Waals surface area contributed by atoms with Gasteiger partial charge in [0.25, 0.3) is 0 Å². The molecule has 0 amide bonds. The first-order chi connectivity index (χ1) is 7.44. The molecular weight excluding hydrogens is 230 g/mol. The molecule has 1 atom stereocenters. The molecule has 0 bridgehead atoms. The van der Waals surface area contributed by atoms with Crippen molar-refractivity contribution in [2.24, 2.45) is 0 Å². The number of sulfonamides is 1. The monoisotopic (exact) mass is 243 g/mol. The average molecular weight is 243 g/mol. The second-order valence-corrected chi connectivity index (χ2v) is 5.04. The number of benzene rings is 1. The van der Waals surface area contributed by atoms with Gasteiger partial charge in [-0.3, -0.25) is 0 Å². The summed E-state index contributed by atoms with van der Waals surface area (Å²) in [4.78, 5) is 11.4. The van der Waals surface area contributed by atoms with Gasteiger partial charge < -0.3 is 4.74 Å². The third-order valence-electron chi connectivity index (χ3n) is 1.90. The van der Waals surface area contributed by atoms with E-state index >= 15 is 0 Å². The second-order valence-electron chi connectivity index (χ2n) is 3.26. The van der Waals surface area contributed by atoms with Gasteiger partial charge in [0.1, 0.15) is 6.04 Å². The molecule has 0 aliphatic rings. The summed E-state index contributed by atoms with van der Waals surface area (Å²) < 4.78 is 29.0. The van der Waals surface area contributed by atoms with E-state index in [1.54, 1.807) is 30.3 Å². The highest BCUT2D eigenvalue weighted by Crippen LogP contribution is 2.14. The number of rotatable bonds is 4. The molecule has 0 radical (unpaired) electrons. The van der Waals surface area contributed by atoms with E-state index in [1.807, 2.05) is 0 Å². The molecule has 88 valence electrons. The zero-order valence-electron chi connectivity index (χ0n) is 9.01. The molecule has 1 aromatic rings. The van der Waals surface area contributed by atoms with Crippen LogP contribution in [-0.4, -0.2) is 27.8 Å². The molecule has 0 spiro atoms. The number of esters is 1. The van der Waals surface area contributed by atoms with Crippen LogP contribution < -0.4 is 4.72 Å². The van der Waals surface area contributed by atoms with Gasteiger partial charge in [-0.1, -0.05) is 30.3 Å². The molecule has 16 heavy (non-hydrogen) atoms. The van der Waals surface area contributed by atoms with Crippen molar-refractivity contribution in [3.05, 3.63) is 35.9 Å². The molecule has 0 aliphatic carbocycles. The van der Waals surface area contributed by atoms with E-state index < -0.39 is 22.0 Å². The Bertz CT molecular complexity index is 455. The number of methoxy groups -OCH3 is 1. The minimum absolute atomic E-state index is 0.541. The van der Waals surface area contributed by atoms with Gasteiger partial charge >= 0.3 is 5.97 Å². The van der Waals surface area contributed by atoms with Crippen molar-refractivity contribution in [2.75, 3.05) is 13.4 Å². The van der Waals surface area contributed by atoms with Crippen molar-refractivity contribution in [2.45, 2.75) is 6.04 Å². The summed E-state index contributed by atoms with van der Waals surface area (Å²) >= 11 is 0. The Morgan fingerprint density at radius 3 is 2.31 bits per heavy atom. The molecule has 0 saturated carbocycles. The fourth-order valence-electron chi connectivity index (χ4n) is 1.23. The minimum Gasteiger partial charge on any atom is -0.468 e. The first-order valence-electron chi connectivity index (χ1n) is 4.54. The van der Waals surface area contributed by atoms with Crippen molar-refractivity contribution >= 4 is 16.0 Å². The quantitative estimate of drug-likeness (QED) is 0.779. The van der Waals surface area contributed by atoms with E-state index in [-0.39, 0.29) is 0 Å². The third kappa shape index (κ3) is 3.63. The standard InChI is InChI=1S/C10H13NO4S/c1-15-10(12)9(11-16(2,13)14)8-6-4-3-5-7-8/h3-7,9,11H,1-2H3. The van der Waals surface area contributed by atoms with Crippen LogP contribution in [0.5, 0.6) is 0 Å². The SMILES string of the molecule is COC(=O)C(NS(C)(=O)=O)c1ccccc1. The number of carbonyl (C=O) groups excluding carboxylic acids is 1. The number of hydrogen-bond acceptors (Lipinski definition) is 4. The molecule has 0 saturated heterocycles. The van der Waals surface area contributed by atoms with Gasteiger partial charge in [0.2, 0.25) is 10.0 Å². The number of nitrogens with one attached hydrogen (secondary N) is 1. The fraction of sp³-hybridized carbons (Fsp3) is 0.300. The van der Waals surface area contributed by atoms with Gasteiger partial charge in [-0.2, -0.15) is 4.72 Å². The van der Waals surface area contributed by atoms with Crippen molar-refractivity contribution in [1.82, 2.24) is 4.72 Å². The largest absolute Gasteiger partial charge is 0.468 e. The topological polar surface area (TPSA) is 72.5 Å². The lowest BCUT2D eigenvalue weighted by molar-refractivity contribution is -0.142. The van der Waals surface area contributed by atoms with Gasteiger partial charge in [-0.15, -0.1) is 0 Å². The van der Waals surface area contributed by atoms with Gasteiger partial charge in [0.15, 0.2) is 0 Å². The Hall–Kier alpha value is -1.40. The molecule has 0 aromatic heterocycles. The number of ether oxygens (including phenoxy) is 1. The highest BCUT2D eigenvalue weighted by atomic mass is 32.2. The van der Waals surface area contributed by atoms with Crippen LogP contribution in [0.1, 0.15) is 11.6 Å². The van der Waals surface area contributed by atoms with Crippen LogP contribution in [0, 0.1) is 0 Å². The van der Waals surface area contributed by atoms with Gasteiger partial charge in [0.05, 0.1) is 13.4 Å². The van der Waals surface area contributed by atoms with Crippen LogP contribution >= 0.6 is 0 Å². The number of carbonyl (C=O) groups is 1. The average Bonchev–Trinajstić information content (AvgIpc) is 2.25. The Labute approximate surface area is 94.5 Å². The molecule has 1 aromatic carbocycles. The highest BCUT2D eigenvalue weighted by molar-refractivity contribution is 7.88. The van der Waals surface area contributed by atoms with Crippen molar-refractivity contribution < 1.29 is 17.9 Å². The molecule has 0 heterocycles. The molecule has 1 unspecified atom stereocenters. The zero-order chi connectivity index (χ0) is 12.2. The predicted octanol–water partition coefficient (Wildman–Crippen LogP) is 0.450. The summed E-state index contributed by atoms with van der Waals surface area (Å²) in [6.07, 6.45) is 0.992. The first kappa shape index (κ1) is 12.7. The van der Waals surface area contributed by atoms with E-state index in [4.69, 9.17) is 0 Å². The summed E-state index contributed by atoms with van der Waals surface area (Å²) in [5.41, 5.74) is 0.541. The molecule has 1 N–H and O–H groups in total. The van der Waals surface area contributed by atoms with E-state index in [0.29, 0.717) is 5.56 Å². The Balaban J connectivity index is 3.02. The summed E-state index contributed by atoms with van der Waals surface area (Å²) in [5.74, 6) is -0.642. The van der Waals surface area contributed by atoms with E-state index in [0.717, 1.165) is 6.26 Å². The molecule has 5 nitrogen and oxygen atoms in total. The van der Waals surface area contributed by atoms with Crippen LogP contribution in [0.2, 0.25) is 0 Å². The fourth-order valence-corrected chi connectivity index (χ4v) is 1.89. The molecule has 0 aliphatic heterocycles. The van der Waals surface area contributed by atoms with Gasteiger partial charge in [-0.05, 0) is 5.56 Å². The lowest BCUT2D eigenvalue weighted by Gasteiger charge is -2.15. The Kier molecular flexibility index (Phi) is 4.03. The Morgan fingerprint density at radius 2 is 1.88 bits per heavy atom. The molecule has 0 fully saturated rings. The van der Waals surface area contributed by atoms with Crippen LogP contribution in [0.4, 0.5) is 0 Å². The molecule has 6 heteroatoms. The molecule has 1 rings (SSSR count). The lowest BCUT2D eigenvalue weighted by Crippen LogP contribution is -2.33. The summed E-state index contributed by atoms with van der Waals surface area (Å²) in [7, 11) is -2.27. The highest BCUT2D eigenvalue weighted by Gasteiger charge is 2.24. The maximum atomic E-state index is 11.4. The summed E-state index contributed by atoms with van der Waals surface area (Å²) in [6.45, 7) is 0. The smallest absolute Gasteiger partial charge is 0.328 e. The summed E-state index contributed by atoms with van der Waals surface area (Å²) in [5, 5.41) is 0. The van der Waals surface area contributed by atoms with Crippen LogP contribution in [0.3, 0.4) is 0 Å². The van der Waals surface area contributed by atoms with Crippen LogP contribution in [0.15, 0.2) is 30.3 Å². The van der Waals surface area contributed by atoms with Gasteiger partial charge in [0, 0.05) is 0 Å². The maximum Gasteiger partial charge on any atom is 0.328 e. The van der Waals surface area contributed by atoms with Crippen molar-refractivity contribution in [1.29, 1.82) is 0 Å². The lowest BCUT2D eigenvalue weighted by atomic mass is 10.1.